The van der Waals surface area contributed by atoms with Gasteiger partial charge in [-0.1, -0.05) is 12.1 Å². The molecular weight excluding hydrogens is 452 g/mol. The van der Waals surface area contributed by atoms with E-state index in [2.05, 4.69) is 20.5 Å². The van der Waals surface area contributed by atoms with E-state index in [-0.39, 0.29) is 42.6 Å². The van der Waals surface area contributed by atoms with Crippen molar-refractivity contribution in [2.45, 2.75) is 36.9 Å². The third kappa shape index (κ3) is 4.78. The van der Waals surface area contributed by atoms with Gasteiger partial charge < -0.3 is 10.2 Å². The molecule has 0 bridgehead atoms. The molecule has 2 aliphatic heterocycles. The molecular formula is C20H22N6O6S. The van der Waals surface area contributed by atoms with Crippen LogP contribution in [0.4, 0.5) is 0 Å². The summed E-state index contributed by atoms with van der Waals surface area (Å²) in [6.45, 7) is -0.0972. The van der Waals surface area contributed by atoms with E-state index in [0.29, 0.717) is 11.1 Å². The molecule has 2 aromatic rings. The molecule has 3 heterocycles. The number of aryl methyl sites for hydroxylation is 1. The van der Waals surface area contributed by atoms with E-state index in [1.165, 1.54) is 22.0 Å². The summed E-state index contributed by atoms with van der Waals surface area (Å²) >= 11 is 0. The summed E-state index contributed by atoms with van der Waals surface area (Å²) < 4.78 is 27.9. The van der Waals surface area contributed by atoms with Crippen molar-refractivity contribution in [3.8, 4) is 0 Å². The van der Waals surface area contributed by atoms with Crippen LogP contribution in [0.3, 0.4) is 0 Å². The average molecular weight is 474 g/mol. The SMILES string of the molecule is Cn1cc(S(=O)(=O)NCC(=O)NCc2ccc3c(c2)C(=O)N(C2CCC(=O)NC2=O)C3)cn1. The molecule has 4 rings (SSSR count). The lowest BCUT2D eigenvalue weighted by atomic mass is 10.0. The Labute approximate surface area is 189 Å². The number of hydrogen-bond acceptors (Lipinski definition) is 7. The number of sulfonamides is 1. The fourth-order valence-electron chi connectivity index (χ4n) is 3.76. The Morgan fingerprint density at radius 3 is 2.76 bits per heavy atom. The first kappa shape index (κ1) is 22.6. The molecule has 0 spiro atoms. The second-order valence-corrected chi connectivity index (χ2v) is 9.61. The molecule has 3 N–H and O–H groups in total. The highest BCUT2D eigenvalue weighted by Crippen LogP contribution is 2.28. The van der Waals surface area contributed by atoms with E-state index in [4.69, 9.17) is 0 Å². The zero-order valence-electron chi connectivity index (χ0n) is 17.7. The van der Waals surface area contributed by atoms with Gasteiger partial charge in [0.25, 0.3) is 5.91 Å². The second-order valence-electron chi connectivity index (χ2n) is 7.84. The van der Waals surface area contributed by atoms with E-state index in [9.17, 15) is 27.6 Å². The Balaban J connectivity index is 1.33. The topological polar surface area (TPSA) is 160 Å². The van der Waals surface area contributed by atoms with E-state index in [0.717, 1.165) is 5.56 Å². The van der Waals surface area contributed by atoms with Gasteiger partial charge in [0, 0.05) is 38.3 Å². The predicted octanol–water partition coefficient (Wildman–Crippen LogP) is -1.22. The highest BCUT2D eigenvalue weighted by molar-refractivity contribution is 7.89. The van der Waals surface area contributed by atoms with Gasteiger partial charge in [-0.25, -0.2) is 13.1 Å². The van der Waals surface area contributed by atoms with Crippen LogP contribution in [-0.4, -0.2) is 59.3 Å². The normalized spacial score (nSPS) is 18.3. The van der Waals surface area contributed by atoms with Crippen molar-refractivity contribution in [3.63, 3.8) is 0 Å². The summed E-state index contributed by atoms with van der Waals surface area (Å²) in [7, 11) is -2.28. The molecule has 0 aliphatic carbocycles. The first-order valence-electron chi connectivity index (χ1n) is 10.2. The summed E-state index contributed by atoms with van der Waals surface area (Å²) in [6.07, 6.45) is 2.96. The second kappa shape index (κ2) is 8.75. The first-order chi connectivity index (χ1) is 15.6. The summed E-state index contributed by atoms with van der Waals surface area (Å²) in [5.74, 6) is -1.67. The van der Waals surface area contributed by atoms with E-state index >= 15 is 0 Å². The van der Waals surface area contributed by atoms with Crippen LogP contribution >= 0.6 is 0 Å². The van der Waals surface area contributed by atoms with Crippen LogP contribution in [-0.2, 0) is 44.5 Å². The molecule has 33 heavy (non-hydrogen) atoms. The van der Waals surface area contributed by atoms with Crippen LogP contribution in [0.25, 0.3) is 0 Å². The Morgan fingerprint density at radius 1 is 1.27 bits per heavy atom. The minimum Gasteiger partial charge on any atom is -0.351 e. The minimum atomic E-state index is -3.86. The molecule has 4 amide bonds. The summed E-state index contributed by atoms with van der Waals surface area (Å²) in [6, 6.07) is 4.45. The first-order valence-corrected chi connectivity index (χ1v) is 11.6. The molecule has 1 aromatic carbocycles. The number of piperidine rings is 1. The van der Waals surface area contributed by atoms with Gasteiger partial charge in [0.15, 0.2) is 0 Å². The Morgan fingerprint density at radius 2 is 2.06 bits per heavy atom. The average Bonchev–Trinajstić information content (AvgIpc) is 3.35. The number of amides is 4. The molecule has 1 saturated heterocycles. The quantitative estimate of drug-likeness (QED) is 0.424. The number of nitrogens with zero attached hydrogens (tertiary/aromatic N) is 3. The van der Waals surface area contributed by atoms with Gasteiger partial charge in [-0.05, 0) is 23.6 Å². The number of fused-ring (bicyclic) bond motifs is 1. The monoisotopic (exact) mass is 474 g/mol. The zero-order valence-corrected chi connectivity index (χ0v) is 18.5. The Bertz CT molecular complexity index is 1250. The molecule has 1 atom stereocenters. The standard InChI is InChI=1S/C20H22N6O6S/c1-25-11-14(8-22-25)33(31,32)23-9-18(28)21-7-12-2-3-13-10-26(20(30)15(13)6-12)16-4-5-17(27)24-19(16)29/h2-3,6,8,11,16,23H,4-5,7,9-10H2,1H3,(H,21,28)(H,24,27,29). The van der Waals surface area contributed by atoms with Crippen LogP contribution in [0.5, 0.6) is 0 Å². The Kier molecular flexibility index (Phi) is 5.99. The molecule has 174 valence electrons. The maximum atomic E-state index is 12.9. The predicted molar refractivity (Wildman–Crippen MR) is 113 cm³/mol. The lowest BCUT2D eigenvalue weighted by molar-refractivity contribution is -0.137. The molecule has 1 fully saturated rings. The largest absolute Gasteiger partial charge is 0.351 e. The summed E-state index contributed by atoms with van der Waals surface area (Å²) in [5.41, 5.74) is 1.84. The van der Waals surface area contributed by atoms with Gasteiger partial charge in [0.1, 0.15) is 10.9 Å². The van der Waals surface area contributed by atoms with E-state index < -0.39 is 34.4 Å². The lowest BCUT2D eigenvalue weighted by Gasteiger charge is -2.29. The molecule has 0 saturated carbocycles. The van der Waals surface area contributed by atoms with E-state index in [1.807, 2.05) is 0 Å². The molecule has 1 aromatic heterocycles. The number of benzene rings is 1. The summed E-state index contributed by atoms with van der Waals surface area (Å²) in [4.78, 5) is 49.9. The Hall–Kier alpha value is -3.58. The van der Waals surface area contributed by atoms with Crippen molar-refractivity contribution >= 4 is 33.7 Å². The van der Waals surface area contributed by atoms with Gasteiger partial charge in [0.2, 0.25) is 27.7 Å². The third-order valence-electron chi connectivity index (χ3n) is 5.50. The lowest BCUT2D eigenvalue weighted by Crippen LogP contribution is -2.52. The van der Waals surface area contributed by atoms with Crippen molar-refractivity contribution in [1.82, 2.24) is 30.0 Å². The van der Waals surface area contributed by atoms with Crippen LogP contribution in [0, 0.1) is 0 Å². The highest BCUT2D eigenvalue weighted by atomic mass is 32.2. The maximum absolute atomic E-state index is 12.9. The summed E-state index contributed by atoms with van der Waals surface area (Å²) in [5, 5.41) is 8.66. The fraction of sp³-hybridized carbons (Fsp3) is 0.350. The molecule has 1 unspecified atom stereocenters. The fourth-order valence-corrected chi connectivity index (χ4v) is 4.72. The van der Waals surface area contributed by atoms with Crippen molar-refractivity contribution in [2.24, 2.45) is 7.05 Å². The van der Waals surface area contributed by atoms with Crippen molar-refractivity contribution in [1.29, 1.82) is 0 Å². The maximum Gasteiger partial charge on any atom is 0.255 e. The number of imide groups is 1. The van der Waals surface area contributed by atoms with Crippen molar-refractivity contribution in [2.75, 3.05) is 6.54 Å². The highest BCUT2D eigenvalue weighted by Gasteiger charge is 2.39. The van der Waals surface area contributed by atoms with Gasteiger partial charge in [-0.15, -0.1) is 0 Å². The number of carbonyl (C=O) groups is 4. The van der Waals surface area contributed by atoms with Crippen LogP contribution in [0.2, 0.25) is 0 Å². The van der Waals surface area contributed by atoms with Gasteiger partial charge in [0.05, 0.1) is 12.7 Å². The number of carbonyl (C=O) groups excluding carboxylic acids is 4. The van der Waals surface area contributed by atoms with Crippen LogP contribution in [0.1, 0.15) is 34.3 Å². The number of nitrogens with one attached hydrogen (secondary N) is 3. The van der Waals surface area contributed by atoms with Crippen LogP contribution in [0.15, 0.2) is 35.5 Å². The third-order valence-corrected chi connectivity index (χ3v) is 6.85. The van der Waals surface area contributed by atoms with Crippen LogP contribution < -0.4 is 15.4 Å². The molecule has 2 aliphatic rings. The number of hydrogen-bond donors (Lipinski definition) is 3. The van der Waals surface area contributed by atoms with Gasteiger partial charge in [-0.3, -0.25) is 29.2 Å². The molecule has 0 radical (unpaired) electrons. The van der Waals surface area contributed by atoms with Gasteiger partial charge in [-0.2, -0.15) is 5.10 Å². The number of rotatable bonds is 7. The van der Waals surface area contributed by atoms with E-state index in [1.54, 1.807) is 25.2 Å². The minimum absolute atomic E-state index is 0.0458. The van der Waals surface area contributed by atoms with Crippen molar-refractivity contribution in [3.05, 3.63) is 47.3 Å². The molecule has 12 nitrogen and oxygen atoms in total. The number of aromatic nitrogens is 2. The van der Waals surface area contributed by atoms with Gasteiger partial charge >= 0.3 is 0 Å². The zero-order chi connectivity index (χ0) is 23.8. The smallest absolute Gasteiger partial charge is 0.255 e. The molecule has 13 heteroatoms. The van der Waals surface area contributed by atoms with Crippen molar-refractivity contribution < 1.29 is 27.6 Å².